The van der Waals surface area contributed by atoms with Crippen molar-refractivity contribution in [2.75, 3.05) is 39.3 Å². The zero-order valence-corrected chi connectivity index (χ0v) is 17.8. The fraction of sp³-hybridized carbons (Fsp3) is 0.458. The lowest BCUT2D eigenvalue weighted by Crippen LogP contribution is -2.35. The van der Waals surface area contributed by atoms with Crippen LogP contribution in [0, 0.1) is 25.7 Å². The first-order chi connectivity index (χ1) is 14.5. The SMILES string of the molecule is Cc1cccc(C)c1C(=O)N1CC2CN(CCCNC(=O)c3ccccn3)CC2C1. The highest BCUT2D eigenvalue weighted by molar-refractivity contribution is 5.97. The number of hydrogen-bond donors (Lipinski definition) is 1. The van der Waals surface area contributed by atoms with Gasteiger partial charge in [0.15, 0.2) is 0 Å². The Kier molecular flexibility index (Phi) is 6.13. The quantitative estimate of drug-likeness (QED) is 0.749. The third kappa shape index (κ3) is 4.38. The van der Waals surface area contributed by atoms with E-state index in [1.807, 2.05) is 38.1 Å². The van der Waals surface area contributed by atoms with Gasteiger partial charge in [-0.3, -0.25) is 14.6 Å². The molecule has 2 fully saturated rings. The van der Waals surface area contributed by atoms with Gasteiger partial charge in [0, 0.05) is 44.5 Å². The predicted octanol–water partition coefficient (Wildman–Crippen LogP) is 2.52. The number of aryl methyl sites for hydroxylation is 2. The smallest absolute Gasteiger partial charge is 0.269 e. The Morgan fingerprint density at radius 3 is 2.33 bits per heavy atom. The fourth-order valence-electron chi connectivity index (χ4n) is 4.84. The van der Waals surface area contributed by atoms with E-state index in [9.17, 15) is 9.59 Å². The van der Waals surface area contributed by atoms with Crippen LogP contribution in [0.4, 0.5) is 0 Å². The van der Waals surface area contributed by atoms with Crippen molar-refractivity contribution in [2.24, 2.45) is 11.8 Å². The number of carbonyl (C=O) groups excluding carboxylic acids is 2. The molecular formula is C24H30N4O2. The van der Waals surface area contributed by atoms with Gasteiger partial charge in [0.1, 0.15) is 5.69 Å². The third-order valence-electron chi connectivity index (χ3n) is 6.38. The molecule has 2 unspecified atom stereocenters. The van der Waals surface area contributed by atoms with Crippen molar-refractivity contribution >= 4 is 11.8 Å². The van der Waals surface area contributed by atoms with Gasteiger partial charge in [-0.1, -0.05) is 24.3 Å². The zero-order valence-electron chi connectivity index (χ0n) is 17.8. The van der Waals surface area contributed by atoms with Crippen LogP contribution in [0.5, 0.6) is 0 Å². The number of carbonyl (C=O) groups is 2. The maximum absolute atomic E-state index is 13.1. The second-order valence-corrected chi connectivity index (χ2v) is 8.58. The summed E-state index contributed by atoms with van der Waals surface area (Å²) in [5, 5.41) is 2.94. The number of aromatic nitrogens is 1. The molecule has 0 radical (unpaired) electrons. The molecule has 0 saturated carbocycles. The summed E-state index contributed by atoms with van der Waals surface area (Å²) in [6, 6.07) is 11.4. The molecule has 6 nitrogen and oxygen atoms in total. The van der Waals surface area contributed by atoms with E-state index in [-0.39, 0.29) is 11.8 Å². The first kappa shape index (κ1) is 20.5. The Morgan fingerprint density at radius 2 is 1.70 bits per heavy atom. The Bertz CT molecular complexity index is 880. The molecule has 1 aromatic heterocycles. The van der Waals surface area contributed by atoms with E-state index in [0.29, 0.717) is 24.1 Å². The van der Waals surface area contributed by atoms with Crippen LogP contribution in [-0.2, 0) is 0 Å². The standard InChI is InChI=1S/C24H30N4O2/c1-17-7-5-8-18(2)22(17)24(30)28-15-19-13-27(14-20(19)16-28)12-6-11-26-23(29)21-9-3-4-10-25-21/h3-5,7-10,19-20H,6,11-16H2,1-2H3,(H,26,29). The van der Waals surface area contributed by atoms with Crippen LogP contribution in [-0.4, -0.2) is 65.9 Å². The number of nitrogens with zero attached hydrogens (tertiary/aromatic N) is 3. The van der Waals surface area contributed by atoms with E-state index in [1.165, 1.54) is 0 Å². The summed E-state index contributed by atoms with van der Waals surface area (Å²) in [5.41, 5.74) is 3.46. The molecule has 2 saturated heterocycles. The monoisotopic (exact) mass is 406 g/mol. The minimum absolute atomic E-state index is 0.116. The average Bonchev–Trinajstić information content (AvgIpc) is 3.30. The molecule has 2 aliphatic rings. The second kappa shape index (κ2) is 8.96. The van der Waals surface area contributed by atoms with E-state index >= 15 is 0 Å². The van der Waals surface area contributed by atoms with Crippen LogP contribution >= 0.6 is 0 Å². The highest BCUT2D eigenvalue weighted by Gasteiger charge is 2.41. The number of amides is 2. The lowest BCUT2D eigenvalue weighted by atomic mass is 10.0. The van der Waals surface area contributed by atoms with Gasteiger partial charge in [-0.15, -0.1) is 0 Å². The topological polar surface area (TPSA) is 65.5 Å². The van der Waals surface area contributed by atoms with Crippen LogP contribution < -0.4 is 5.32 Å². The van der Waals surface area contributed by atoms with Crippen molar-refractivity contribution in [3.8, 4) is 0 Å². The number of benzene rings is 1. The minimum atomic E-state index is -0.116. The lowest BCUT2D eigenvalue weighted by molar-refractivity contribution is 0.0772. The summed E-state index contributed by atoms with van der Waals surface area (Å²) in [7, 11) is 0. The molecule has 4 rings (SSSR count). The van der Waals surface area contributed by atoms with Crippen molar-refractivity contribution in [1.82, 2.24) is 20.1 Å². The molecular weight excluding hydrogens is 376 g/mol. The van der Waals surface area contributed by atoms with Crippen LogP contribution in [0.2, 0.25) is 0 Å². The van der Waals surface area contributed by atoms with E-state index in [2.05, 4.69) is 20.1 Å². The van der Waals surface area contributed by atoms with Gasteiger partial charge in [0.2, 0.25) is 0 Å². The van der Waals surface area contributed by atoms with Gasteiger partial charge in [0.25, 0.3) is 11.8 Å². The molecule has 6 heteroatoms. The second-order valence-electron chi connectivity index (χ2n) is 8.58. The van der Waals surface area contributed by atoms with Crippen molar-refractivity contribution in [3.63, 3.8) is 0 Å². The number of rotatable bonds is 6. The zero-order chi connectivity index (χ0) is 21.1. The van der Waals surface area contributed by atoms with Gasteiger partial charge in [0.05, 0.1) is 0 Å². The summed E-state index contributed by atoms with van der Waals surface area (Å²) < 4.78 is 0. The predicted molar refractivity (Wildman–Crippen MR) is 116 cm³/mol. The third-order valence-corrected chi connectivity index (χ3v) is 6.38. The van der Waals surface area contributed by atoms with E-state index in [4.69, 9.17) is 0 Å². The Morgan fingerprint density at radius 1 is 1.00 bits per heavy atom. The van der Waals surface area contributed by atoms with E-state index < -0.39 is 0 Å². The van der Waals surface area contributed by atoms with Gasteiger partial charge in [-0.05, 0) is 61.9 Å². The van der Waals surface area contributed by atoms with E-state index in [1.54, 1.807) is 18.3 Å². The van der Waals surface area contributed by atoms with Gasteiger partial charge >= 0.3 is 0 Å². The lowest BCUT2D eigenvalue weighted by Gasteiger charge is -2.23. The van der Waals surface area contributed by atoms with Crippen molar-refractivity contribution in [3.05, 3.63) is 65.0 Å². The number of hydrogen-bond acceptors (Lipinski definition) is 4. The molecule has 2 amide bonds. The molecule has 2 aromatic rings. The largest absolute Gasteiger partial charge is 0.351 e. The van der Waals surface area contributed by atoms with Gasteiger partial charge < -0.3 is 15.1 Å². The maximum atomic E-state index is 13.1. The van der Waals surface area contributed by atoms with Crippen molar-refractivity contribution in [2.45, 2.75) is 20.3 Å². The minimum Gasteiger partial charge on any atom is -0.351 e. The molecule has 30 heavy (non-hydrogen) atoms. The van der Waals surface area contributed by atoms with Crippen LogP contribution in [0.15, 0.2) is 42.6 Å². The van der Waals surface area contributed by atoms with Crippen LogP contribution in [0.25, 0.3) is 0 Å². The first-order valence-corrected chi connectivity index (χ1v) is 10.8. The normalized spacial score (nSPS) is 20.9. The number of nitrogens with one attached hydrogen (secondary N) is 1. The summed E-state index contributed by atoms with van der Waals surface area (Å²) >= 11 is 0. The maximum Gasteiger partial charge on any atom is 0.269 e. The molecule has 0 aliphatic carbocycles. The van der Waals surface area contributed by atoms with Crippen molar-refractivity contribution in [1.29, 1.82) is 0 Å². The molecule has 1 aromatic carbocycles. The molecule has 2 atom stereocenters. The van der Waals surface area contributed by atoms with Gasteiger partial charge in [-0.2, -0.15) is 0 Å². The Balaban J connectivity index is 1.21. The molecule has 0 bridgehead atoms. The van der Waals surface area contributed by atoms with Crippen LogP contribution in [0.1, 0.15) is 38.4 Å². The van der Waals surface area contributed by atoms with Crippen LogP contribution in [0.3, 0.4) is 0 Å². The first-order valence-electron chi connectivity index (χ1n) is 10.8. The number of likely N-dealkylation sites (tertiary alicyclic amines) is 2. The number of fused-ring (bicyclic) bond motifs is 1. The molecule has 0 spiro atoms. The summed E-state index contributed by atoms with van der Waals surface area (Å²) in [4.78, 5) is 33.7. The highest BCUT2D eigenvalue weighted by Crippen LogP contribution is 2.32. The molecule has 3 heterocycles. The summed E-state index contributed by atoms with van der Waals surface area (Å²) in [6.07, 6.45) is 2.55. The van der Waals surface area contributed by atoms with E-state index in [0.717, 1.165) is 55.8 Å². The van der Waals surface area contributed by atoms with Gasteiger partial charge in [-0.25, -0.2) is 0 Å². The Labute approximate surface area is 178 Å². The molecule has 158 valence electrons. The molecule has 1 N–H and O–H groups in total. The summed E-state index contributed by atoms with van der Waals surface area (Å²) in [6.45, 7) is 9.44. The highest BCUT2D eigenvalue weighted by atomic mass is 16.2. The summed E-state index contributed by atoms with van der Waals surface area (Å²) in [5.74, 6) is 1.18. The van der Waals surface area contributed by atoms with Crippen molar-refractivity contribution < 1.29 is 9.59 Å². The number of pyridine rings is 1. The average molecular weight is 407 g/mol. The Hall–Kier alpha value is -2.73. The fourth-order valence-corrected chi connectivity index (χ4v) is 4.84. The molecule has 2 aliphatic heterocycles.